The van der Waals surface area contributed by atoms with E-state index in [1.54, 1.807) is 6.07 Å². The molecule has 0 aliphatic rings. The van der Waals surface area contributed by atoms with Crippen LogP contribution < -0.4 is 10.6 Å². The van der Waals surface area contributed by atoms with Crippen LogP contribution in [0, 0.1) is 11.6 Å². The van der Waals surface area contributed by atoms with E-state index in [0.717, 1.165) is 0 Å². The van der Waals surface area contributed by atoms with Gasteiger partial charge in [-0.2, -0.15) is 0 Å². The minimum atomic E-state index is -0.702. The van der Waals surface area contributed by atoms with Crippen LogP contribution in [0.3, 0.4) is 0 Å². The Morgan fingerprint density at radius 1 is 1.14 bits per heavy atom. The van der Waals surface area contributed by atoms with Gasteiger partial charge >= 0.3 is 0 Å². The van der Waals surface area contributed by atoms with E-state index in [1.807, 2.05) is 0 Å². The lowest BCUT2D eigenvalue weighted by molar-refractivity contribution is -0.114. The SMILES string of the molecule is CC(=O)Nc1cc(NCc2ccc(O)c(F)c2)ccc1F. The average molecular weight is 292 g/mol. The van der Waals surface area contributed by atoms with E-state index in [1.165, 1.54) is 37.3 Å². The Morgan fingerprint density at radius 2 is 1.90 bits per heavy atom. The number of phenolic OH excluding ortho intramolecular Hbond substituents is 1. The Hall–Kier alpha value is -2.63. The van der Waals surface area contributed by atoms with Crippen molar-refractivity contribution in [1.29, 1.82) is 0 Å². The van der Waals surface area contributed by atoms with Gasteiger partial charge in [0.1, 0.15) is 5.82 Å². The van der Waals surface area contributed by atoms with Gasteiger partial charge < -0.3 is 15.7 Å². The van der Waals surface area contributed by atoms with E-state index in [0.29, 0.717) is 17.8 Å². The summed E-state index contributed by atoms with van der Waals surface area (Å²) in [6.07, 6.45) is 0. The van der Waals surface area contributed by atoms with E-state index in [-0.39, 0.29) is 11.6 Å². The monoisotopic (exact) mass is 292 g/mol. The van der Waals surface area contributed by atoms with Gasteiger partial charge in [-0.15, -0.1) is 0 Å². The van der Waals surface area contributed by atoms with Crippen LogP contribution in [0.25, 0.3) is 0 Å². The first-order valence-corrected chi connectivity index (χ1v) is 6.24. The molecule has 4 nitrogen and oxygen atoms in total. The average Bonchev–Trinajstić information content (AvgIpc) is 2.43. The molecular weight excluding hydrogens is 278 g/mol. The summed E-state index contributed by atoms with van der Waals surface area (Å²) in [5.41, 5.74) is 1.27. The van der Waals surface area contributed by atoms with Crippen molar-refractivity contribution in [2.75, 3.05) is 10.6 Å². The summed E-state index contributed by atoms with van der Waals surface area (Å²) in [5, 5.41) is 14.5. The molecule has 0 aliphatic carbocycles. The molecule has 2 aromatic rings. The summed E-state index contributed by atoms with van der Waals surface area (Å²) in [4.78, 5) is 11.0. The number of benzene rings is 2. The number of hydrogen-bond acceptors (Lipinski definition) is 3. The lowest BCUT2D eigenvalue weighted by Crippen LogP contribution is -2.08. The molecule has 6 heteroatoms. The summed E-state index contributed by atoms with van der Waals surface area (Å²) >= 11 is 0. The minimum Gasteiger partial charge on any atom is -0.505 e. The van der Waals surface area contributed by atoms with Crippen LogP contribution in [0.4, 0.5) is 20.2 Å². The van der Waals surface area contributed by atoms with Crippen LogP contribution in [0.2, 0.25) is 0 Å². The van der Waals surface area contributed by atoms with Crippen LogP contribution in [0.5, 0.6) is 5.75 Å². The summed E-state index contributed by atoms with van der Waals surface area (Å²) in [5.74, 6) is -2.01. The fourth-order valence-corrected chi connectivity index (χ4v) is 1.79. The lowest BCUT2D eigenvalue weighted by Gasteiger charge is -2.10. The van der Waals surface area contributed by atoms with Crippen molar-refractivity contribution >= 4 is 17.3 Å². The van der Waals surface area contributed by atoms with Crippen molar-refractivity contribution in [3.8, 4) is 5.75 Å². The summed E-state index contributed by atoms with van der Waals surface area (Å²) in [7, 11) is 0. The van der Waals surface area contributed by atoms with Gasteiger partial charge in [-0.25, -0.2) is 8.78 Å². The molecule has 2 rings (SSSR count). The zero-order valence-electron chi connectivity index (χ0n) is 11.3. The second-order valence-electron chi connectivity index (χ2n) is 4.52. The first kappa shape index (κ1) is 14.8. The van der Waals surface area contributed by atoms with Crippen molar-refractivity contribution in [3.63, 3.8) is 0 Å². The molecule has 0 saturated heterocycles. The molecule has 0 aliphatic heterocycles. The standard InChI is InChI=1S/C15H14F2N2O2/c1-9(20)19-14-7-11(3-4-12(14)16)18-8-10-2-5-15(21)13(17)6-10/h2-7,18,21H,8H2,1H3,(H,19,20). The number of phenols is 1. The van der Waals surface area contributed by atoms with E-state index in [2.05, 4.69) is 10.6 Å². The molecule has 0 spiro atoms. The molecule has 21 heavy (non-hydrogen) atoms. The predicted molar refractivity (Wildman–Crippen MR) is 76.1 cm³/mol. The molecule has 110 valence electrons. The Balaban J connectivity index is 2.09. The van der Waals surface area contributed by atoms with Crippen molar-refractivity contribution < 1.29 is 18.7 Å². The van der Waals surface area contributed by atoms with Crippen molar-refractivity contribution in [3.05, 3.63) is 53.6 Å². The summed E-state index contributed by atoms with van der Waals surface area (Å²) < 4.78 is 26.7. The van der Waals surface area contributed by atoms with Crippen LogP contribution in [-0.4, -0.2) is 11.0 Å². The number of carbonyl (C=O) groups is 1. The maximum absolute atomic E-state index is 13.5. The fourth-order valence-electron chi connectivity index (χ4n) is 1.79. The van der Waals surface area contributed by atoms with E-state index >= 15 is 0 Å². The third kappa shape index (κ3) is 3.92. The van der Waals surface area contributed by atoms with Crippen molar-refractivity contribution in [2.24, 2.45) is 0 Å². The zero-order chi connectivity index (χ0) is 15.4. The summed E-state index contributed by atoms with van der Waals surface area (Å²) in [6.45, 7) is 1.58. The minimum absolute atomic E-state index is 0.0735. The quantitative estimate of drug-likeness (QED) is 0.810. The highest BCUT2D eigenvalue weighted by Gasteiger charge is 2.06. The summed E-state index contributed by atoms with van der Waals surface area (Å²) in [6, 6.07) is 8.24. The van der Waals surface area contributed by atoms with E-state index in [9.17, 15) is 13.6 Å². The molecule has 0 aromatic heterocycles. The van der Waals surface area contributed by atoms with Crippen LogP contribution in [0.15, 0.2) is 36.4 Å². The lowest BCUT2D eigenvalue weighted by atomic mass is 10.2. The number of aromatic hydroxyl groups is 1. The number of nitrogens with one attached hydrogen (secondary N) is 2. The number of amides is 1. The highest BCUT2D eigenvalue weighted by atomic mass is 19.1. The molecule has 0 unspecified atom stereocenters. The molecule has 3 N–H and O–H groups in total. The Bertz CT molecular complexity index is 675. The molecule has 0 saturated carbocycles. The topological polar surface area (TPSA) is 61.4 Å². The largest absolute Gasteiger partial charge is 0.505 e. The number of hydrogen-bond donors (Lipinski definition) is 3. The highest BCUT2D eigenvalue weighted by molar-refractivity contribution is 5.89. The van der Waals surface area contributed by atoms with Crippen LogP contribution in [0.1, 0.15) is 12.5 Å². The molecule has 0 heterocycles. The van der Waals surface area contributed by atoms with Crippen LogP contribution in [-0.2, 0) is 11.3 Å². The highest BCUT2D eigenvalue weighted by Crippen LogP contribution is 2.21. The van der Waals surface area contributed by atoms with Gasteiger partial charge in [0.05, 0.1) is 5.69 Å². The smallest absolute Gasteiger partial charge is 0.221 e. The van der Waals surface area contributed by atoms with Gasteiger partial charge in [-0.3, -0.25) is 4.79 Å². The normalized spacial score (nSPS) is 10.2. The third-order valence-electron chi connectivity index (χ3n) is 2.79. The Morgan fingerprint density at radius 3 is 2.57 bits per heavy atom. The van der Waals surface area contributed by atoms with Gasteiger partial charge in [0.15, 0.2) is 11.6 Å². The van der Waals surface area contributed by atoms with Gasteiger partial charge in [0.2, 0.25) is 5.91 Å². The van der Waals surface area contributed by atoms with Gasteiger partial charge in [0, 0.05) is 19.2 Å². The number of rotatable bonds is 4. The maximum Gasteiger partial charge on any atom is 0.221 e. The van der Waals surface area contributed by atoms with Gasteiger partial charge in [-0.05, 0) is 35.9 Å². The molecule has 2 aromatic carbocycles. The molecular formula is C15H14F2N2O2. The number of carbonyl (C=O) groups excluding carboxylic acids is 1. The van der Waals surface area contributed by atoms with Crippen molar-refractivity contribution in [2.45, 2.75) is 13.5 Å². The second-order valence-corrected chi connectivity index (χ2v) is 4.52. The molecule has 0 bridgehead atoms. The van der Waals surface area contributed by atoms with Crippen molar-refractivity contribution in [1.82, 2.24) is 0 Å². The first-order valence-electron chi connectivity index (χ1n) is 6.24. The predicted octanol–water partition coefficient (Wildman–Crippen LogP) is 3.24. The zero-order valence-corrected chi connectivity index (χ0v) is 11.3. The number of halogens is 2. The Kier molecular flexibility index (Phi) is 4.37. The van der Waals surface area contributed by atoms with E-state index < -0.39 is 17.4 Å². The molecule has 0 atom stereocenters. The van der Waals surface area contributed by atoms with Gasteiger partial charge in [0.25, 0.3) is 0 Å². The van der Waals surface area contributed by atoms with Crippen LogP contribution >= 0.6 is 0 Å². The third-order valence-corrected chi connectivity index (χ3v) is 2.79. The second kappa shape index (κ2) is 6.21. The molecule has 0 radical (unpaired) electrons. The first-order chi connectivity index (χ1) is 9.95. The molecule has 1 amide bonds. The fraction of sp³-hybridized carbons (Fsp3) is 0.133. The maximum atomic E-state index is 13.5. The Labute approximate surface area is 120 Å². The van der Waals surface area contributed by atoms with E-state index in [4.69, 9.17) is 5.11 Å². The number of anilines is 2. The van der Waals surface area contributed by atoms with Gasteiger partial charge in [-0.1, -0.05) is 6.07 Å². The molecule has 0 fully saturated rings.